The van der Waals surface area contributed by atoms with E-state index in [1.54, 1.807) is 0 Å². The number of nitrogens with two attached hydrogens (primary N) is 1. The molecule has 0 unspecified atom stereocenters. The standard InChI is InChI=1S/C9H12N4OS/c1-9(2,3)6-4-5(13-15-6)7(14)12-8(10)11-4/h1-3H3,(H3,10,11,12,14). The first-order chi connectivity index (χ1) is 6.89. The first kappa shape index (κ1) is 10.1. The zero-order valence-electron chi connectivity index (χ0n) is 8.79. The minimum absolute atomic E-state index is 0.0767. The first-order valence-corrected chi connectivity index (χ1v) is 5.32. The van der Waals surface area contributed by atoms with Crippen molar-refractivity contribution in [2.45, 2.75) is 26.2 Å². The number of hydrogen-bond acceptors (Lipinski definition) is 5. The van der Waals surface area contributed by atoms with Gasteiger partial charge in [-0.15, -0.1) is 0 Å². The summed E-state index contributed by atoms with van der Waals surface area (Å²) in [5.41, 5.74) is 6.15. The van der Waals surface area contributed by atoms with E-state index in [0.717, 1.165) is 4.88 Å². The second-order valence-corrected chi connectivity index (χ2v) is 5.18. The van der Waals surface area contributed by atoms with Gasteiger partial charge in [-0.2, -0.15) is 4.37 Å². The maximum Gasteiger partial charge on any atom is 0.279 e. The molecule has 0 amide bonds. The van der Waals surface area contributed by atoms with Gasteiger partial charge in [0.2, 0.25) is 5.95 Å². The average molecular weight is 224 g/mol. The molecule has 0 aliphatic heterocycles. The van der Waals surface area contributed by atoms with E-state index in [9.17, 15) is 4.79 Å². The summed E-state index contributed by atoms with van der Waals surface area (Å²) in [5, 5.41) is 0. The summed E-state index contributed by atoms with van der Waals surface area (Å²) in [6.07, 6.45) is 0. The quantitative estimate of drug-likeness (QED) is 0.705. The Balaban J connectivity index is 2.86. The van der Waals surface area contributed by atoms with Gasteiger partial charge >= 0.3 is 0 Å². The van der Waals surface area contributed by atoms with Crippen LogP contribution in [0.2, 0.25) is 0 Å². The molecule has 0 bridgehead atoms. The van der Waals surface area contributed by atoms with Crippen LogP contribution in [0.15, 0.2) is 4.79 Å². The Morgan fingerprint density at radius 3 is 2.60 bits per heavy atom. The Bertz CT molecular complexity index is 563. The Morgan fingerprint density at radius 1 is 1.33 bits per heavy atom. The van der Waals surface area contributed by atoms with Crippen LogP contribution in [0.4, 0.5) is 5.95 Å². The van der Waals surface area contributed by atoms with Crippen molar-refractivity contribution in [1.29, 1.82) is 0 Å². The highest BCUT2D eigenvalue weighted by molar-refractivity contribution is 7.07. The van der Waals surface area contributed by atoms with Gasteiger partial charge in [0.1, 0.15) is 5.52 Å². The molecule has 5 nitrogen and oxygen atoms in total. The van der Waals surface area contributed by atoms with Crippen molar-refractivity contribution in [3.05, 3.63) is 15.2 Å². The first-order valence-electron chi connectivity index (χ1n) is 4.55. The number of nitrogens with one attached hydrogen (secondary N) is 1. The van der Waals surface area contributed by atoms with E-state index in [1.165, 1.54) is 11.5 Å². The van der Waals surface area contributed by atoms with E-state index in [-0.39, 0.29) is 16.9 Å². The van der Waals surface area contributed by atoms with Crippen molar-refractivity contribution in [2.24, 2.45) is 0 Å². The largest absolute Gasteiger partial charge is 0.369 e. The third kappa shape index (κ3) is 1.61. The molecule has 6 heteroatoms. The van der Waals surface area contributed by atoms with Crippen LogP contribution in [-0.2, 0) is 5.41 Å². The highest BCUT2D eigenvalue weighted by Crippen LogP contribution is 2.30. The summed E-state index contributed by atoms with van der Waals surface area (Å²) in [5.74, 6) is 0.137. The van der Waals surface area contributed by atoms with Gasteiger partial charge in [0.15, 0.2) is 5.52 Å². The minimum atomic E-state index is -0.274. The van der Waals surface area contributed by atoms with E-state index in [1.807, 2.05) is 0 Å². The number of nitrogens with zero attached hydrogens (tertiary/aromatic N) is 2. The molecular formula is C9H12N4OS. The third-order valence-corrected chi connectivity index (χ3v) is 3.30. The van der Waals surface area contributed by atoms with Crippen LogP contribution in [0.1, 0.15) is 25.6 Å². The van der Waals surface area contributed by atoms with E-state index in [2.05, 4.69) is 35.1 Å². The number of aromatic nitrogens is 3. The maximum atomic E-state index is 11.5. The zero-order chi connectivity index (χ0) is 11.2. The van der Waals surface area contributed by atoms with Gasteiger partial charge in [-0.05, 0) is 11.5 Å². The van der Waals surface area contributed by atoms with Crippen LogP contribution in [-0.4, -0.2) is 14.3 Å². The van der Waals surface area contributed by atoms with Crippen molar-refractivity contribution in [3.63, 3.8) is 0 Å². The fourth-order valence-electron chi connectivity index (χ4n) is 1.35. The molecule has 0 saturated heterocycles. The van der Waals surface area contributed by atoms with E-state index >= 15 is 0 Å². The normalized spacial score (nSPS) is 12.2. The van der Waals surface area contributed by atoms with Crippen molar-refractivity contribution < 1.29 is 0 Å². The van der Waals surface area contributed by atoms with Gasteiger partial charge < -0.3 is 5.73 Å². The topological polar surface area (TPSA) is 84.7 Å². The van der Waals surface area contributed by atoms with Gasteiger partial charge in [0, 0.05) is 5.41 Å². The second kappa shape index (κ2) is 3.03. The number of H-pyrrole nitrogens is 1. The van der Waals surface area contributed by atoms with Gasteiger partial charge in [0.25, 0.3) is 5.56 Å². The fraction of sp³-hybridized carbons (Fsp3) is 0.444. The molecule has 0 fully saturated rings. The Labute approximate surface area is 90.5 Å². The van der Waals surface area contributed by atoms with Crippen molar-refractivity contribution in [3.8, 4) is 0 Å². The molecule has 0 aliphatic carbocycles. The summed E-state index contributed by atoms with van der Waals surface area (Å²) in [7, 11) is 0. The lowest BCUT2D eigenvalue weighted by Crippen LogP contribution is -2.14. The van der Waals surface area contributed by atoms with E-state index in [0.29, 0.717) is 11.0 Å². The summed E-state index contributed by atoms with van der Waals surface area (Å²) in [6, 6.07) is 0. The molecule has 0 atom stereocenters. The van der Waals surface area contributed by atoms with Crippen molar-refractivity contribution >= 4 is 28.5 Å². The molecule has 0 aromatic carbocycles. The molecular weight excluding hydrogens is 212 g/mol. The summed E-state index contributed by atoms with van der Waals surface area (Å²) >= 11 is 1.30. The molecule has 80 valence electrons. The zero-order valence-corrected chi connectivity index (χ0v) is 9.60. The van der Waals surface area contributed by atoms with E-state index in [4.69, 9.17) is 5.73 Å². The van der Waals surface area contributed by atoms with Gasteiger partial charge in [-0.1, -0.05) is 20.8 Å². The van der Waals surface area contributed by atoms with Gasteiger partial charge in [0.05, 0.1) is 4.88 Å². The van der Waals surface area contributed by atoms with Crippen LogP contribution in [0.25, 0.3) is 11.0 Å². The summed E-state index contributed by atoms with van der Waals surface area (Å²) in [6.45, 7) is 6.16. The highest BCUT2D eigenvalue weighted by Gasteiger charge is 2.22. The van der Waals surface area contributed by atoms with Crippen LogP contribution in [0.3, 0.4) is 0 Å². The van der Waals surface area contributed by atoms with E-state index < -0.39 is 0 Å². The molecule has 0 saturated carbocycles. The number of aromatic amines is 1. The number of hydrogen-bond donors (Lipinski definition) is 2. The Morgan fingerprint density at radius 2 is 2.00 bits per heavy atom. The molecule has 15 heavy (non-hydrogen) atoms. The molecule has 2 aromatic heterocycles. The maximum absolute atomic E-state index is 11.5. The lowest BCUT2D eigenvalue weighted by Gasteiger charge is -2.15. The Kier molecular flexibility index (Phi) is 2.04. The summed E-state index contributed by atoms with van der Waals surface area (Å²) < 4.78 is 4.11. The summed E-state index contributed by atoms with van der Waals surface area (Å²) in [4.78, 5) is 19.1. The smallest absolute Gasteiger partial charge is 0.279 e. The molecule has 2 rings (SSSR count). The minimum Gasteiger partial charge on any atom is -0.369 e. The molecule has 0 spiro atoms. The van der Waals surface area contributed by atoms with Crippen molar-refractivity contribution in [2.75, 3.05) is 5.73 Å². The second-order valence-electron chi connectivity index (χ2n) is 4.41. The molecule has 0 aliphatic rings. The average Bonchev–Trinajstić information content (AvgIpc) is 2.45. The predicted octanol–water partition coefficient (Wildman–Crippen LogP) is 1.26. The number of anilines is 1. The SMILES string of the molecule is CC(C)(C)c1snc2c(=O)[nH]c(N)nc12. The molecule has 3 N–H and O–H groups in total. The monoisotopic (exact) mass is 224 g/mol. The molecule has 2 aromatic rings. The van der Waals surface area contributed by atoms with Crippen molar-refractivity contribution in [1.82, 2.24) is 14.3 Å². The number of nitrogen functional groups attached to an aromatic ring is 1. The lowest BCUT2D eigenvalue weighted by molar-refractivity contribution is 0.607. The number of rotatable bonds is 0. The fourth-order valence-corrected chi connectivity index (χ4v) is 2.21. The molecule has 2 heterocycles. The van der Waals surface area contributed by atoms with Crippen LogP contribution < -0.4 is 11.3 Å². The predicted molar refractivity (Wildman–Crippen MR) is 61.1 cm³/mol. The van der Waals surface area contributed by atoms with Gasteiger partial charge in [-0.25, -0.2) is 4.98 Å². The lowest BCUT2D eigenvalue weighted by atomic mass is 9.94. The van der Waals surface area contributed by atoms with Crippen LogP contribution in [0.5, 0.6) is 0 Å². The van der Waals surface area contributed by atoms with Crippen LogP contribution >= 0.6 is 11.5 Å². The molecule has 0 radical (unpaired) electrons. The van der Waals surface area contributed by atoms with Gasteiger partial charge in [-0.3, -0.25) is 9.78 Å². The highest BCUT2D eigenvalue weighted by atomic mass is 32.1. The third-order valence-electron chi connectivity index (χ3n) is 2.04. The Hall–Kier alpha value is -1.43. The number of fused-ring (bicyclic) bond motifs is 1. The van der Waals surface area contributed by atoms with Crippen LogP contribution in [0, 0.1) is 0 Å².